The van der Waals surface area contributed by atoms with Gasteiger partial charge >= 0.3 is 6.03 Å². The average Bonchev–Trinajstić information content (AvgIpc) is 2.62. The van der Waals surface area contributed by atoms with E-state index in [1.165, 1.54) is 0 Å². The lowest BCUT2D eigenvalue weighted by molar-refractivity contribution is -0.134. The van der Waals surface area contributed by atoms with E-state index < -0.39 is 0 Å². The number of rotatable bonds is 5. The first-order valence-electron chi connectivity index (χ1n) is 8.56. The third-order valence-corrected chi connectivity index (χ3v) is 4.32. The molecule has 6 nitrogen and oxygen atoms in total. The van der Waals surface area contributed by atoms with Gasteiger partial charge in [-0.25, -0.2) is 4.79 Å². The molecule has 1 fully saturated rings. The van der Waals surface area contributed by atoms with E-state index in [-0.39, 0.29) is 18.5 Å². The summed E-state index contributed by atoms with van der Waals surface area (Å²) in [6, 6.07) is 7.70. The van der Waals surface area contributed by atoms with Gasteiger partial charge in [-0.3, -0.25) is 4.79 Å². The SMILES string of the molecule is CCN(CC)C(=O)N1CCN(C(=O)COc2ccc(C)cc2)CC1. The summed E-state index contributed by atoms with van der Waals surface area (Å²) in [5.74, 6) is 0.662. The summed E-state index contributed by atoms with van der Waals surface area (Å²) in [5, 5.41) is 0. The number of piperazine rings is 1. The monoisotopic (exact) mass is 333 g/mol. The molecule has 6 heteroatoms. The van der Waals surface area contributed by atoms with Gasteiger partial charge in [0.15, 0.2) is 6.61 Å². The first-order chi connectivity index (χ1) is 11.5. The van der Waals surface area contributed by atoms with Crippen LogP contribution in [0.5, 0.6) is 5.75 Å². The number of hydrogen-bond donors (Lipinski definition) is 0. The predicted octanol–water partition coefficient (Wildman–Crippen LogP) is 1.98. The summed E-state index contributed by atoms with van der Waals surface area (Å²) in [4.78, 5) is 29.9. The molecule has 0 N–H and O–H groups in total. The smallest absolute Gasteiger partial charge is 0.320 e. The highest BCUT2D eigenvalue weighted by Gasteiger charge is 2.26. The van der Waals surface area contributed by atoms with Crippen LogP contribution in [0.4, 0.5) is 4.79 Å². The Balaban J connectivity index is 1.78. The number of nitrogens with zero attached hydrogens (tertiary/aromatic N) is 3. The molecule has 1 aliphatic heterocycles. The van der Waals surface area contributed by atoms with Crippen molar-refractivity contribution in [3.8, 4) is 5.75 Å². The number of urea groups is 1. The van der Waals surface area contributed by atoms with Gasteiger partial charge in [-0.1, -0.05) is 17.7 Å². The Bertz CT molecular complexity index is 547. The van der Waals surface area contributed by atoms with Crippen LogP contribution >= 0.6 is 0 Å². The highest BCUT2D eigenvalue weighted by atomic mass is 16.5. The standard InChI is InChI=1S/C18H27N3O3/c1-4-19(5-2)18(23)21-12-10-20(11-13-21)17(22)14-24-16-8-6-15(3)7-9-16/h6-9H,4-5,10-14H2,1-3H3. The molecule has 0 unspecified atom stereocenters. The number of carbonyl (C=O) groups is 2. The summed E-state index contributed by atoms with van der Waals surface area (Å²) in [7, 11) is 0. The zero-order valence-electron chi connectivity index (χ0n) is 14.8. The van der Waals surface area contributed by atoms with Crippen molar-refractivity contribution < 1.29 is 14.3 Å². The fourth-order valence-electron chi connectivity index (χ4n) is 2.71. The third-order valence-electron chi connectivity index (χ3n) is 4.32. The van der Waals surface area contributed by atoms with Gasteiger partial charge in [0.05, 0.1) is 0 Å². The number of amides is 3. The molecule has 0 radical (unpaired) electrons. The van der Waals surface area contributed by atoms with Crippen LogP contribution in [0.25, 0.3) is 0 Å². The largest absolute Gasteiger partial charge is 0.484 e. The van der Waals surface area contributed by atoms with Crippen LogP contribution in [0, 0.1) is 6.92 Å². The van der Waals surface area contributed by atoms with E-state index in [9.17, 15) is 9.59 Å². The quantitative estimate of drug-likeness (QED) is 0.828. The van der Waals surface area contributed by atoms with E-state index in [4.69, 9.17) is 4.74 Å². The number of aryl methyl sites for hydroxylation is 1. The van der Waals surface area contributed by atoms with Gasteiger partial charge in [-0.2, -0.15) is 0 Å². The summed E-state index contributed by atoms with van der Waals surface area (Å²) in [5.41, 5.74) is 1.16. The second-order valence-electron chi connectivity index (χ2n) is 5.92. The summed E-state index contributed by atoms with van der Waals surface area (Å²) in [6.07, 6.45) is 0. The van der Waals surface area contributed by atoms with Crippen LogP contribution in [-0.4, -0.2) is 72.5 Å². The topological polar surface area (TPSA) is 53.1 Å². The van der Waals surface area contributed by atoms with Gasteiger partial charge < -0.3 is 19.4 Å². The minimum atomic E-state index is -0.0366. The third kappa shape index (κ3) is 4.63. The van der Waals surface area contributed by atoms with E-state index in [0.29, 0.717) is 45.0 Å². The molecule has 3 amide bonds. The molecule has 1 aliphatic rings. The Morgan fingerprint density at radius 2 is 1.54 bits per heavy atom. The number of carbonyl (C=O) groups excluding carboxylic acids is 2. The Kier molecular flexibility index (Phi) is 6.46. The molecule has 2 rings (SSSR count). The lowest BCUT2D eigenvalue weighted by atomic mass is 10.2. The van der Waals surface area contributed by atoms with E-state index >= 15 is 0 Å². The Labute approximate surface area is 144 Å². The molecule has 132 valence electrons. The number of ether oxygens (including phenoxy) is 1. The molecule has 1 aromatic rings. The van der Waals surface area contributed by atoms with Crippen molar-refractivity contribution >= 4 is 11.9 Å². The van der Waals surface area contributed by atoms with Crippen molar-refractivity contribution in [1.82, 2.24) is 14.7 Å². The van der Waals surface area contributed by atoms with Gasteiger partial charge in [0, 0.05) is 39.3 Å². The zero-order chi connectivity index (χ0) is 17.5. The van der Waals surface area contributed by atoms with Gasteiger partial charge in [0.1, 0.15) is 5.75 Å². The summed E-state index contributed by atoms with van der Waals surface area (Å²) in [6.45, 7) is 9.68. The first-order valence-corrected chi connectivity index (χ1v) is 8.56. The van der Waals surface area contributed by atoms with Crippen molar-refractivity contribution in [3.05, 3.63) is 29.8 Å². The van der Waals surface area contributed by atoms with E-state index in [2.05, 4.69) is 0 Å². The second kappa shape index (κ2) is 8.57. The number of benzene rings is 1. The van der Waals surface area contributed by atoms with Crippen LogP contribution in [0.15, 0.2) is 24.3 Å². The fraction of sp³-hybridized carbons (Fsp3) is 0.556. The maximum atomic E-state index is 12.3. The maximum Gasteiger partial charge on any atom is 0.320 e. The van der Waals surface area contributed by atoms with E-state index in [1.54, 1.807) is 9.80 Å². The van der Waals surface area contributed by atoms with Crippen LogP contribution in [0.1, 0.15) is 19.4 Å². The highest BCUT2D eigenvalue weighted by molar-refractivity contribution is 5.79. The second-order valence-corrected chi connectivity index (χ2v) is 5.92. The van der Waals surface area contributed by atoms with Gasteiger partial charge in [0.25, 0.3) is 5.91 Å². The van der Waals surface area contributed by atoms with Gasteiger partial charge in [0.2, 0.25) is 0 Å². The number of hydrogen-bond acceptors (Lipinski definition) is 3. The van der Waals surface area contributed by atoms with Crippen molar-refractivity contribution in [2.75, 3.05) is 45.9 Å². The lowest BCUT2D eigenvalue weighted by Gasteiger charge is -2.37. The summed E-state index contributed by atoms with van der Waals surface area (Å²) < 4.78 is 5.54. The molecule has 0 spiro atoms. The molecule has 1 aromatic carbocycles. The van der Waals surface area contributed by atoms with Crippen LogP contribution in [-0.2, 0) is 4.79 Å². The predicted molar refractivity (Wildman–Crippen MR) is 93.1 cm³/mol. The maximum absolute atomic E-state index is 12.3. The normalized spacial score (nSPS) is 14.5. The Morgan fingerprint density at radius 3 is 2.08 bits per heavy atom. The summed E-state index contributed by atoms with van der Waals surface area (Å²) >= 11 is 0. The first kappa shape index (κ1) is 18.1. The minimum absolute atomic E-state index is 0.0348. The molecule has 0 aliphatic carbocycles. The fourth-order valence-corrected chi connectivity index (χ4v) is 2.71. The van der Waals surface area contributed by atoms with Gasteiger partial charge in [-0.15, -0.1) is 0 Å². The Morgan fingerprint density at radius 1 is 1.00 bits per heavy atom. The molecular formula is C18H27N3O3. The molecule has 0 atom stereocenters. The van der Waals surface area contributed by atoms with Crippen LogP contribution < -0.4 is 4.74 Å². The van der Waals surface area contributed by atoms with Crippen LogP contribution in [0.2, 0.25) is 0 Å². The Hall–Kier alpha value is -2.24. The van der Waals surface area contributed by atoms with Crippen molar-refractivity contribution in [1.29, 1.82) is 0 Å². The average molecular weight is 333 g/mol. The van der Waals surface area contributed by atoms with Crippen molar-refractivity contribution in [2.45, 2.75) is 20.8 Å². The molecule has 1 heterocycles. The molecule has 0 saturated carbocycles. The van der Waals surface area contributed by atoms with Crippen molar-refractivity contribution in [3.63, 3.8) is 0 Å². The molecular weight excluding hydrogens is 306 g/mol. The highest BCUT2D eigenvalue weighted by Crippen LogP contribution is 2.12. The van der Waals surface area contributed by atoms with Gasteiger partial charge in [-0.05, 0) is 32.9 Å². The van der Waals surface area contributed by atoms with Crippen LogP contribution in [0.3, 0.4) is 0 Å². The zero-order valence-corrected chi connectivity index (χ0v) is 14.8. The van der Waals surface area contributed by atoms with Crippen molar-refractivity contribution in [2.24, 2.45) is 0 Å². The van der Waals surface area contributed by atoms with E-state index in [1.807, 2.05) is 49.9 Å². The lowest BCUT2D eigenvalue weighted by Crippen LogP contribution is -2.54. The molecule has 24 heavy (non-hydrogen) atoms. The molecule has 0 aromatic heterocycles. The molecule has 1 saturated heterocycles. The van der Waals surface area contributed by atoms with E-state index in [0.717, 1.165) is 5.56 Å². The molecule has 0 bridgehead atoms. The minimum Gasteiger partial charge on any atom is -0.484 e.